The molecule has 5 nitrogen and oxygen atoms in total. The molecule has 0 radical (unpaired) electrons. The lowest BCUT2D eigenvalue weighted by Gasteiger charge is -2.06. The number of hydrogen-bond donors (Lipinski definition) is 2. The number of nitrogens with two attached hydrogens (primary N) is 1. The number of carboxylic acid groups (broad SMARTS) is 1. The molecule has 5 heteroatoms. The lowest BCUT2D eigenvalue weighted by Crippen LogP contribution is -2.23. The van der Waals surface area contributed by atoms with Crippen LogP contribution in [0.25, 0.3) is 0 Å². The fourth-order valence-electron chi connectivity index (χ4n) is 0.841. The molecule has 1 aromatic heterocycles. The van der Waals surface area contributed by atoms with Crippen LogP contribution in [0.5, 0.6) is 0 Å². The second-order valence-electron chi connectivity index (χ2n) is 2.34. The topological polar surface area (TPSA) is 89.1 Å². The van der Waals surface area contributed by atoms with Crippen LogP contribution in [0.15, 0.2) is 12.4 Å². The van der Waals surface area contributed by atoms with Crippen molar-refractivity contribution in [1.82, 2.24) is 9.97 Å². The molecular formula is C7H9N3O2. The summed E-state index contributed by atoms with van der Waals surface area (Å²) in [5.74, 6) is -1.10. The summed E-state index contributed by atoms with van der Waals surface area (Å²) < 4.78 is 0. The van der Waals surface area contributed by atoms with Gasteiger partial charge < -0.3 is 10.8 Å². The van der Waals surface area contributed by atoms with E-state index in [1.807, 2.05) is 0 Å². The zero-order chi connectivity index (χ0) is 9.14. The summed E-state index contributed by atoms with van der Waals surface area (Å²) in [7, 11) is 0. The van der Waals surface area contributed by atoms with E-state index in [0.717, 1.165) is 0 Å². The summed E-state index contributed by atoms with van der Waals surface area (Å²) in [4.78, 5) is 18.2. The third kappa shape index (κ3) is 1.57. The highest BCUT2D eigenvalue weighted by molar-refractivity contribution is 5.74. The van der Waals surface area contributed by atoms with E-state index >= 15 is 0 Å². The third-order valence-electron chi connectivity index (χ3n) is 1.48. The molecule has 3 N–H and O–H groups in total. The Balaban J connectivity index is 3.02. The molecule has 1 heterocycles. The molecule has 0 aromatic carbocycles. The standard InChI is InChI=1S/C7H9N3O2/c1-4-6(5(8)7(11)12)10-3-2-9-4/h2-3,5H,8H2,1H3,(H,11,12). The van der Waals surface area contributed by atoms with Crippen molar-refractivity contribution < 1.29 is 9.90 Å². The molecule has 0 fully saturated rings. The van der Waals surface area contributed by atoms with E-state index in [1.165, 1.54) is 12.4 Å². The summed E-state index contributed by atoms with van der Waals surface area (Å²) in [6, 6.07) is -1.08. The van der Waals surface area contributed by atoms with Gasteiger partial charge in [0.15, 0.2) is 0 Å². The van der Waals surface area contributed by atoms with Gasteiger partial charge in [0.2, 0.25) is 0 Å². The zero-order valence-electron chi connectivity index (χ0n) is 6.56. The van der Waals surface area contributed by atoms with Gasteiger partial charge in [-0.25, -0.2) is 0 Å². The predicted octanol–water partition coefficient (Wildman–Crippen LogP) is -0.131. The van der Waals surface area contributed by atoms with Crippen molar-refractivity contribution in [1.29, 1.82) is 0 Å². The van der Waals surface area contributed by atoms with Crippen LogP contribution in [-0.4, -0.2) is 21.0 Å². The van der Waals surface area contributed by atoms with Crippen LogP contribution in [0.3, 0.4) is 0 Å². The van der Waals surface area contributed by atoms with E-state index in [-0.39, 0.29) is 0 Å². The summed E-state index contributed by atoms with van der Waals surface area (Å²) >= 11 is 0. The quantitative estimate of drug-likeness (QED) is 0.640. The van der Waals surface area contributed by atoms with Crippen molar-refractivity contribution in [3.63, 3.8) is 0 Å². The van der Waals surface area contributed by atoms with E-state index in [2.05, 4.69) is 9.97 Å². The van der Waals surface area contributed by atoms with Crippen LogP contribution in [0.1, 0.15) is 17.4 Å². The Hall–Kier alpha value is -1.49. The van der Waals surface area contributed by atoms with Gasteiger partial charge in [0.1, 0.15) is 6.04 Å². The fourth-order valence-corrected chi connectivity index (χ4v) is 0.841. The number of aromatic nitrogens is 2. The first kappa shape index (κ1) is 8.61. The molecule has 0 aliphatic rings. The first-order valence-corrected chi connectivity index (χ1v) is 3.39. The highest BCUT2D eigenvalue weighted by Crippen LogP contribution is 2.08. The lowest BCUT2D eigenvalue weighted by molar-refractivity contribution is -0.138. The number of aryl methyl sites for hydroxylation is 1. The molecule has 0 aliphatic carbocycles. The molecule has 0 bridgehead atoms. The fraction of sp³-hybridized carbons (Fsp3) is 0.286. The van der Waals surface area contributed by atoms with E-state index in [9.17, 15) is 4.79 Å². The number of carboxylic acids is 1. The lowest BCUT2D eigenvalue weighted by atomic mass is 10.2. The molecule has 0 amide bonds. The first-order valence-electron chi connectivity index (χ1n) is 3.39. The van der Waals surface area contributed by atoms with Crippen LogP contribution in [0, 0.1) is 6.92 Å². The average Bonchev–Trinajstić information content (AvgIpc) is 2.04. The zero-order valence-corrected chi connectivity index (χ0v) is 6.56. The molecule has 0 spiro atoms. The summed E-state index contributed by atoms with van der Waals surface area (Å²) in [6.45, 7) is 1.67. The number of aliphatic carboxylic acids is 1. The smallest absolute Gasteiger partial charge is 0.326 e. The second kappa shape index (κ2) is 3.27. The van der Waals surface area contributed by atoms with Crippen LogP contribution in [0.4, 0.5) is 0 Å². The van der Waals surface area contributed by atoms with Crippen molar-refractivity contribution in [3.05, 3.63) is 23.8 Å². The Kier molecular flexibility index (Phi) is 2.35. The minimum Gasteiger partial charge on any atom is -0.480 e. The maximum atomic E-state index is 10.5. The predicted molar refractivity (Wildman–Crippen MR) is 41.3 cm³/mol. The van der Waals surface area contributed by atoms with Gasteiger partial charge in [-0.05, 0) is 6.92 Å². The maximum absolute atomic E-state index is 10.5. The van der Waals surface area contributed by atoms with Crippen molar-refractivity contribution in [2.75, 3.05) is 0 Å². The molecule has 12 heavy (non-hydrogen) atoms. The van der Waals surface area contributed by atoms with Crippen LogP contribution < -0.4 is 5.73 Å². The van der Waals surface area contributed by atoms with E-state index in [0.29, 0.717) is 11.4 Å². The Morgan fingerprint density at radius 1 is 1.58 bits per heavy atom. The van der Waals surface area contributed by atoms with Crippen molar-refractivity contribution in [2.45, 2.75) is 13.0 Å². The van der Waals surface area contributed by atoms with Crippen LogP contribution in [-0.2, 0) is 4.79 Å². The summed E-state index contributed by atoms with van der Waals surface area (Å²) in [5, 5.41) is 8.57. The number of rotatable bonds is 2. The molecule has 1 rings (SSSR count). The van der Waals surface area contributed by atoms with E-state index < -0.39 is 12.0 Å². The summed E-state index contributed by atoms with van der Waals surface area (Å²) in [6.07, 6.45) is 2.92. The van der Waals surface area contributed by atoms with Gasteiger partial charge >= 0.3 is 5.97 Å². The van der Waals surface area contributed by atoms with Crippen molar-refractivity contribution in [2.24, 2.45) is 5.73 Å². The highest BCUT2D eigenvalue weighted by atomic mass is 16.4. The Morgan fingerprint density at radius 3 is 2.67 bits per heavy atom. The molecule has 0 aliphatic heterocycles. The van der Waals surface area contributed by atoms with Crippen LogP contribution >= 0.6 is 0 Å². The highest BCUT2D eigenvalue weighted by Gasteiger charge is 2.17. The van der Waals surface area contributed by atoms with Crippen LogP contribution in [0.2, 0.25) is 0 Å². The van der Waals surface area contributed by atoms with Gasteiger partial charge in [0.25, 0.3) is 0 Å². The number of nitrogens with zero attached hydrogens (tertiary/aromatic N) is 2. The van der Waals surface area contributed by atoms with Gasteiger partial charge in [-0.1, -0.05) is 0 Å². The van der Waals surface area contributed by atoms with Gasteiger partial charge in [0.05, 0.1) is 11.4 Å². The second-order valence-corrected chi connectivity index (χ2v) is 2.34. The van der Waals surface area contributed by atoms with Crippen molar-refractivity contribution in [3.8, 4) is 0 Å². The Morgan fingerprint density at radius 2 is 2.17 bits per heavy atom. The molecule has 0 saturated carbocycles. The molecule has 1 unspecified atom stereocenters. The maximum Gasteiger partial charge on any atom is 0.326 e. The Bertz CT molecular complexity index is 300. The van der Waals surface area contributed by atoms with Gasteiger partial charge in [-0.15, -0.1) is 0 Å². The van der Waals surface area contributed by atoms with Gasteiger partial charge in [-0.3, -0.25) is 14.8 Å². The monoisotopic (exact) mass is 167 g/mol. The van der Waals surface area contributed by atoms with E-state index in [1.54, 1.807) is 6.92 Å². The normalized spacial score (nSPS) is 12.5. The minimum atomic E-state index is -1.10. The molecule has 0 saturated heterocycles. The molecule has 1 aromatic rings. The van der Waals surface area contributed by atoms with Gasteiger partial charge in [0, 0.05) is 12.4 Å². The van der Waals surface area contributed by atoms with Gasteiger partial charge in [-0.2, -0.15) is 0 Å². The molecular weight excluding hydrogens is 158 g/mol. The summed E-state index contributed by atoms with van der Waals surface area (Å²) in [5.41, 5.74) is 6.20. The molecule has 1 atom stereocenters. The first-order chi connectivity index (χ1) is 5.63. The average molecular weight is 167 g/mol. The third-order valence-corrected chi connectivity index (χ3v) is 1.48. The number of carbonyl (C=O) groups is 1. The van der Waals surface area contributed by atoms with Crippen molar-refractivity contribution >= 4 is 5.97 Å². The van der Waals surface area contributed by atoms with E-state index in [4.69, 9.17) is 10.8 Å². The molecule has 64 valence electrons. The number of hydrogen-bond acceptors (Lipinski definition) is 4. The SMILES string of the molecule is Cc1nccnc1C(N)C(=O)O. The minimum absolute atomic E-state index is 0.310. The Labute approximate surface area is 69.3 Å². The largest absolute Gasteiger partial charge is 0.480 e.